The highest BCUT2D eigenvalue weighted by molar-refractivity contribution is 7.15. The van der Waals surface area contributed by atoms with E-state index in [9.17, 15) is 4.79 Å². The number of nitrogens with zero attached hydrogens (tertiary/aromatic N) is 3. The molecule has 0 radical (unpaired) electrons. The summed E-state index contributed by atoms with van der Waals surface area (Å²) in [6.07, 6.45) is 5.17. The molecule has 7 heteroatoms. The van der Waals surface area contributed by atoms with Crippen molar-refractivity contribution in [1.82, 2.24) is 15.2 Å². The maximum absolute atomic E-state index is 11.9. The first-order valence-electron chi connectivity index (χ1n) is 5.99. The molecule has 6 nitrogen and oxygen atoms in total. The standard InChI is InChI=1S/C12H12N4O2S/c17-10(8-3-1-5-13-7-8)14-12-16-15-11(19-12)9-4-2-6-18-9/h1,3,5,7,9H,2,4,6H2,(H,14,16,17)/t9-/m0/s1. The van der Waals surface area contributed by atoms with E-state index in [2.05, 4.69) is 20.5 Å². The van der Waals surface area contributed by atoms with Crippen LogP contribution in [-0.4, -0.2) is 27.7 Å². The van der Waals surface area contributed by atoms with Gasteiger partial charge in [0.25, 0.3) is 5.91 Å². The predicted molar refractivity (Wildman–Crippen MR) is 70.0 cm³/mol. The van der Waals surface area contributed by atoms with Crippen molar-refractivity contribution in [3.63, 3.8) is 0 Å². The van der Waals surface area contributed by atoms with Gasteiger partial charge in [0.05, 0.1) is 5.56 Å². The molecule has 1 saturated heterocycles. The largest absolute Gasteiger partial charge is 0.371 e. The molecule has 0 unspecified atom stereocenters. The third-order valence-corrected chi connectivity index (χ3v) is 3.72. The van der Waals surface area contributed by atoms with Gasteiger partial charge in [-0.2, -0.15) is 0 Å². The summed E-state index contributed by atoms with van der Waals surface area (Å²) < 4.78 is 5.53. The zero-order valence-electron chi connectivity index (χ0n) is 10.1. The number of hydrogen-bond donors (Lipinski definition) is 1. The van der Waals surface area contributed by atoms with Gasteiger partial charge in [0, 0.05) is 19.0 Å². The first kappa shape index (κ1) is 12.2. The SMILES string of the molecule is O=C(Nc1nnc([C@@H]2CCCO2)s1)c1cccnc1. The highest BCUT2D eigenvalue weighted by atomic mass is 32.1. The molecule has 3 heterocycles. The van der Waals surface area contributed by atoms with Crippen LogP contribution in [0.25, 0.3) is 0 Å². The van der Waals surface area contributed by atoms with Crippen LogP contribution in [0, 0.1) is 0 Å². The summed E-state index contributed by atoms with van der Waals surface area (Å²) in [5, 5.41) is 12.0. The number of amides is 1. The van der Waals surface area contributed by atoms with Gasteiger partial charge in [-0.3, -0.25) is 15.1 Å². The number of nitrogens with one attached hydrogen (secondary N) is 1. The predicted octanol–water partition coefficient (Wildman–Crippen LogP) is 2.04. The number of pyridine rings is 1. The first-order valence-corrected chi connectivity index (χ1v) is 6.81. The Morgan fingerprint density at radius 3 is 3.16 bits per heavy atom. The van der Waals surface area contributed by atoms with Crippen molar-refractivity contribution in [2.75, 3.05) is 11.9 Å². The lowest BCUT2D eigenvalue weighted by atomic mass is 10.2. The summed E-state index contributed by atoms with van der Waals surface area (Å²) in [5.74, 6) is -0.233. The van der Waals surface area contributed by atoms with Crippen molar-refractivity contribution in [1.29, 1.82) is 0 Å². The van der Waals surface area contributed by atoms with Crippen molar-refractivity contribution in [2.24, 2.45) is 0 Å². The van der Waals surface area contributed by atoms with Crippen LogP contribution in [0.15, 0.2) is 24.5 Å². The summed E-state index contributed by atoms with van der Waals surface area (Å²) in [6, 6.07) is 3.41. The Balaban J connectivity index is 1.68. The molecule has 2 aromatic rings. The van der Waals surface area contributed by atoms with Crippen molar-refractivity contribution in [3.05, 3.63) is 35.1 Å². The summed E-state index contributed by atoms with van der Waals surface area (Å²) >= 11 is 1.35. The van der Waals surface area contributed by atoms with Crippen LogP contribution < -0.4 is 5.32 Å². The second-order valence-corrected chi connectivity index (χ2v) is 5.15. The van der Waals surface area contributed by atoms with Gasteiger partial charge in [-0.1, -0.05) is 11.3 Å². The molecule has 1 aliphatic heterocycles. The van der Waals surface area contributed by atoms with Gasteiger partial charge in [-0.15, -0.1) is 10.2 Å². The molecule has 1 N–H and O–H groups in total. The van der Waals surface area contributed by atoms with E-state index in [0.29, 0.717) is 10.7 Å². The minimum absolute atomic E-state index is 0.0292. The molecule has 19 heavy (non-hydrogen) atoms. The third kappa shape index (κ3) is 2.77. The van der Waals surface area contributed by atoms with E-state index in [1.165, 1.54) is 17.5 Å². The van der Waals surface area contributed by atoms with Crippen LogP contribution in [0.5, 0.6) is 0 Å². The maximum Gasteiger partial charge on any atom is 0.259 e. The molecular weight excluding hydrogens is 264 g/mol. The lowest BCUT2D eigenvalue weighted by Crippen LogP contribution is -2.11. The van der Waals surface area contributed by atoms with Crippen LogP contribution in [0.4, 0.5) is 5.13 Å². The summed E-state index contributed by atoms with van der Waals surface area (Å²) in [5.41, 5.74) is 0.497. The molecular formula is C12H12N4O2S. The van der Waals surface area contributed by atoms with E-state index in [4.69, 9.17) is 4.74 Å². The Labute approximate surface area is 113 Å². The van der Waals surface area contributed by atoms with Crippen molar-refractivity contribution in [2.45, 2.75) is 18.9 Å². The fourth-order valence-corrected chi connectivity index (χ4v) is 2.68. The smallest absolute Gasteiger partial charge is 0.259 e. The third-order valence-electron chi connectivity index (χ3n) is 2.79. The summed E-state index contributed by atoms with van der Waals surface area (Å²) in [4.78, 5) is 15.8. The highest BCUT2D eigenvalue weighted by Crippen LogP contribution is 2.31. The molecule has 0 saturated carbocycles. The quantitative estimate of drug-likeness (QED) is 0.928. The monoisotopic (exact) mass is 276 g/mol. The lowest BCUT2D eigenvalue weighted by molar-refractivity contribution is 0.102. The first-order chi connectivity index (χ1) is 9.33. The number of aromatic nitrogens is 3. The van der Waals surface area contributed by atoms with E-state index in [-0.39, 0.29) is 12.0 Å². The molecule has 0 aromatic carbocycles. The van der Waals surface area contributed by atoms with E-state index in [1.54, 1.807) is 18.3 Å². The van der Waals surface area contributed by atoms with Gasteiger partial charge in [-0.25, -0.2) is 0 Å². The molecule has 0 bridgehead atoms. The van der Waals surface area contributed by atoms with E-state index >= 15 is 0 Å². The lowest BCUT2D eigenvalue weighted by Gasteiger charge is -2.02. The second kappa shape index (κ2) is 5.41. The van der Waals surface area contributed by atoms with Crippen LogP contribution in [0.2, 0.25) is 0 Å². The Morgan fingerprint density at radius 2 is 2.42 bits per heavy atom. The fraction of sp³-hybridized carbons (Fsp3) is 0.333. The zero-order valence-corrected chi connectivity index (χ0v) is 10.9. The van der Waals surface area contributed by atoms with Gasteiger partial charge < -0.3 is 4.74 Å². The van der Waals surface area contributed by atoms with Gasteiger partial charge in [0.1, 0.15) is 11.1 Å². The number of anilines is 1. The average molecular weight is 276 g/mol. The topological polar surface area (TPSA) is 77.0 Å². The van der Waals surface area contributed by atoms with E-state index < -0.39 is 0 Å². The minimum atomic E-state index is -0.233. The summed E-state index contributed by atoms with van der Waals surface area (Å²) in [6.45, 7) is 0.765. The zero-order chi connectivity index (χ0) is 13.1. The van der Waals surface area contributed by atoms with Crippen molar-refractivity contribution < 1.29 is 9.53 Å². The van der Waals surface area contributed by atoms with Gasteiger partial charge in [0.2, 0.25) is 5.13 Å². The molecule has 1 atom stereocenters. The second-order valence-electron chi connectivity index (χ2n) is 4.14. The molecule has 3 rings (SSSR count). The molecule has 0 aliphatic carbocycles. The molecule has 98 valence electrons. The molecule has 2 aromatic heterocycles. The minimum Gasteiger partial charge on any atom is -0.371 e. The Bertz CT molecular complexity index is 566. The number of hydrogen-bond acceptors (Lipinski definition) is 6. The van der Waals surface area contributed by atoms with E-state index in [0.717, 1.165) is 24.5 Å². The van der Waals surface area contributed by atoms with Gasteiger partial charge in [0.15, 0.2) is 0 Å². The molecule has 0 spiro atoms. The Morgan fingerprint density at radius 1 is 1.47 bits per heavy atom. The average Bonchev–Trinajstić information content (AvgIpc) is 3.10. The Hall–Kier alpha value is -1.86. The maximum atomic E-state index is 11.9. The summed E-state index contributed by atoms with van der Waals surface area (Å²) in [7, 11) is 0. The number of ether oxygens (including phenoxy) is 1. The molecule has 1 amide bonds. The number of carbonyl (C=O) groups excluding carboxylic acids is 1. The number of rotatable bonds is 3. The van der Waals surface area contributed by atoms with Crippen LogP contribution in [0.1, 0.15) is 34.3 Å². The van der Waals surface area contributed by atoms with Gasteiger partial charge >= 0.3 is 0 Å². The highest BCUT2D eigenvalue weighted by Gasteiger charge is 2.22. The van der Waals surface area contributed by atoms with Crippen LogP contribution in [-0.2, 0) is 4.74 Å². The van der Waals surface area contributed by atoms with Crippen LogP contribution in [0.3, 0.4) is 0 Å². The molecule has 1 aliphatic rings. The van der Waals surface area contributed by atoms with E-state index in [1.807, 2.05) is 0 Å². The van der Waals surface area contributed by atoms with Gasteiger partial charge in [-0.05, 0) is 25.0 Å². The van der Waals surface area contributed by atoms with Crippen LogP contribution >= 0.6 is 11.3 Å². The normalized spacial score (nSPS) is 18.4. The molecule has 1 fully saturated rings. The Kier molecular flexibility index (Phi) is 3.47. The number of carbonyl (C=O) groups is 1. The fourth-order valence-electron chi connectivity index (χ4n) is 1.85. The van der Waals surface area contributed by atoms with Crippen molar-refractivity contribution >= 4 is 22.4 Å². The van der Waals surface area contributed by atoms with Crippen molar-refractivity contribution in [3.8, 4) is 0 Å².